The Morgan fingerprint density at radius 2 is 0.660 bits per heavy atom. The van der Waals surface area contributed by atoms with Crippen molar-refractivity contribution < 1.29 is 46.5 Å². The van der Waals surface area contributed by atoms with Gasteiger partial charge in [0.2, 0.25) is 50.1 Å². The van der Waals surface area contributed by atoms with Crippen LogP contribution in [-0.4, -0.2) is 244 Å². The lowest BCUT2D eigenvalue weighted by atomic mass is 9.99. The Labute approximate surface area is 841 Å². The third-order valence-corrected chi connectivity index (χ3v) is 34.4. The summed E-state index contributed by atoms with van der Waals surface area (Å²) in [6, 6.07) is 45.0. The minimum absolute atomic E-state index is 0.151. The molecule has 144 heavy (non-hydrogen) atoms. The van der Waals surface area contributed by atoms with Crippen LogP contribution in [0.2, 0.25) is 0 Å². The molecule has 752 valence electrons. The molecule has 39 heteroatoms. The number of pyridine rings is 9. The summed E-state index contributed by atoms with van der Waals surface area (Å²) in [5.74, 6) is 0.415. The Kier molecular flexibility index (Phi) is 33.2. The van der Waals surface area contributed by atoms with E-state index in [0.29, 0.717) is 82.5 Å². The average molecular weight is 2040 g/mol. The highest BCUT2D eigenvalue weighted by atomic mass is 32.2. The van der Waals surface area contributed by atoms with E-state index < -0.39 is 50.1 Å². The first kappa shape index (κ1) is 104. The highest BCUT2D eigenvalue weighted by Gasteiger charge is 2.33. The zero-order valence-corrected chi connectivity index (χ0v) is 85.6. The molecule has 0 unspecified atom stereocenters. The van der Waals surface area contributed by atoms with Crippen LogP contribution >= 0.6 is 0 Å². The topological polar surface area (TPSA) is 431 Å². The maximum absolute atomic E-state index is 13.6. The first-order chi connectivity index (χ1) is 69.2. The third kappa shape index (κ3) is 26.5. The van der Waals surface area contributed by atoms with Crippen LogP contribution in [0.15, 0.2) is 239 Å². The molecule has 0 atom stereocenters. The van der Waals surface area contributed by atoms with Gasteiger partial charge in [0, 0.05) is 273 Å². The normalized spacial score (nSPS) is 16.2. The molecule has 0 bridgehead atoms. The van der Waals surface area contributed by atoms with Gasteiger partial charge in [0.05, 0.1) is 42.7 Å². The number of anilines is 6. The number of aromatic nitrogens is 11. The number of rotatable bonds is 24. The predicted molar refractivity (Wildman–Crippen MR) is 572 cm³/mol. The lowest BCUT2D eigenvalue weighted by Crippen LogP contribution is -2.42. The zero-order valence-electron chi connectivity index (χ0n) is 81.6. The van der Waals surface area contributed by atoms with Crippen molar-refractivity contribution in [2.75, 3.05) is 128 Å². The van der Waals surface area contributed by atoms with Gasteiger partial charge in [0.25, 0.3) is 0 Å². The van der Waals surface area contributed by atoms with Crippen LogP contribution < -0.4 is 32.3 Å². The smallest absolute Gasteiger partial charge is 0.213 e. The molecule has 0 amide bonds. The summed E-state index contributed by atoms with van der Waals surface area (Å²) < 4.78 is 142. The lowest BCUT2D eigenvalue weighted by Gasteiger charge is -2.32. The summed E-state index contributed by atoms with van der Waals surface area (Å²) in [6.45, 7) is 13.8. The molecule has 10 aromatic heterocycles. The van der Waals surface area contributed by atoms with Crippen molar-refractivity contribution in [2.24, 2.45) is 0 Å². The summed E-state index contributed by atoms with van der Waals surface area (Å²) in [6.07, 6.45) is 44.5. The molecule has 0 saturated carbocycles. The van der Waals surface area contributed by atoms with E-state index >= 15 is 0 Å². The molecule has 0 spiro atoms. The van der Waals surface area contributed by atoms with Gasteiger partial charge >= 0.3 is 0 Å². The fraction of sp³-hybridized carbons (Fsp3) is 0.343. The van der Waals surface area contributed by atoms with E-state index in [-0.39, 0.29) is 47.5 Å². The zero-order chi connectivity index (χ0) is 101. The maximum Gasteiger partial charge on any atom is 0.213 e. The molecule has 5 fully saturated rings. The van der Waals surface area contributed by atoms with Crippen molar-refractivity contribution in [3.63, 3.8) is 0 Å². The Balaban J connectivity index is 0.000000129. The van der Waals surface area contributed by atoms with Gasteiger partial charge in [-0.3, -0.25) is 39.6 Å². The number of nitriles is 1. The molecule has 0 radical (unpaired) electrons. The first-order valence-corrected chi connectivity index (χ1v) is 57.1. The van der Waals surface area contributed by atoms with E-state index in [2.05, 4.69) is 150 Å². The van der Waals surface area contributed by atoms with Gasteiger partial charge in [-0.05, 0) is 290 Å². The van der Waals surface area contributed by atoms with Gasteiger partial charge in [-0.2, -0.15) is 10.4 Å². The second kappa shape index (κ2) is 46.2. The second-order valence-electron chi connectivity index (χ2n) is 36.9. The molecular formula is C105H120FN23O10S5. The quantitative estimate of drug-likeness (QED) is 0.0327. The maximum atomic E-state index is 13.6. The van der Waals surface area contributed by atoms with Crippen molar-refractivity contribution in [1.82, 2.24) is 76.2 Å². The van der Waals surface area contributed by atoms with Crippen LogP contribution in [0.4, 0.5) is 38.6 Å². The van der Waals surface area contributed by atoms with Crippen LogP contribution in [0.1, 0.15) is 103 Å². The number of hydrogen-bond donors (Lipinski definition) is 6. The summed E-state index contributed by atoms with van der Waals surface area (Å²) in [5.41, 5.74) is 22.2. The number of benzene rings is 5. The Bertz CT molecular complexity index is 7590. The highest BCUT2D eigenvalue weighted by molar-refractivity contribution is 7.89. The fourth-order valence-electron chi connectivity index (χ4n) is 18.9. The number of piperidine rings is 5. The van der Waals surface area contributed by atoms with Gasteiger partial charge in [-0.25, -0.2) is 78.0 Å². The lowest BCUT2D eigenvalue weighted by molar-refractivity contribution is 0.330. The molecule has 5 aliphatic rings. The number of fused-ring (bicyclic) bond motifs is 5. The number of nitrogens with zero attached hydrogens (tertiary/aromatic N) is 17. The number of aryl methyl sites for hydroxylation is 2. The molecule has 5 saturated heterocycles. The summed E-state index contributed by atoms with van der Waals surface area (Å²) in [4.78, 5) is 37.8. The SMILES string of the molecule is CCCn1cc(-c2cc(NC3CCN(S(C)(=O)=O)CC3)c3cnccc3c2)cn1.CCS(=O)(=O)N1CCC(Nc2cc(-c3ccnc(N)c3)cc3ccncc23)CC1.CCS(=O)(=O)N1CCC(Nc2cc(-c3cncc(C)c3)cc3ccncc23)CC1.CS(=O)(=O)N1CCC(Nc2cc(-c3ccnc(C#N)c3)cc3ccncc23)CC1.CS(=O)(=O)N1CCC(Nc2cc(-c3cncc(F)c3)cc3ccncc23)CC1. The minimum Gasteiger partial charge on any atom is -0.384 e. The number of nitrogens with one attached hydrogen (secondary N) is 5. The average Bonchev–Trinajstić information content (AvgIpc) is 1.29. The number of sulfonamides is 5. The first-order valence-electron chi connectivity index (χ1n) is 48.4. The van der Waals surface area contributed by atoms with E-state index in [1.54, 1.807) is 88.6 Å². The van der Waals surface area contributed by atoms with E-state index in [9.17, 15) is 46.5 Å². The van der Waals surface area contributed by atoms with Gasteiger partial charge in [0.15, 0.2) is 0 Å². The molecule has 5 aromatic carbocycles. The number of nitrogens with two attached hydrogens (primary N) is 1. The highest BCUT2D eigenvalue weighted by Crippen LogP contribution is 2.40. The van der Waals surface area contributed by atoms with Gasteiger partial charge in [0.1, 0.15) is 23.4 Å². The van der Waals surface area contributed by atoms with Crippen LogP contribution in [0, 0.1) is 24.1 Å². The summed E-state index contributed by atoms with van der Waals surface area (Å²) >= 11 is 0. The Morgan fingerprint density at radius 1 is 0.347 bits per heavy atom. The van der Waals surface area contributed by atoms with Crippen LogP contribution in [0.25, 0.3) is 109 Å². The van der Waals surface area contributed by atoms with Crippen molar-refractivity contribution in [3.05, 3.63) is 256 Å². The largest absolute Gasteiger partial charge is 0.384 e. The van der Waals surface area contributed by atoms with Crippen LogP contribution in [-0.2, 0) is 56.7 Å². The van der Waals surface area contributed by atoms with Gasteiger partial charge in [-0.15, -0.1) is 0 Å². The van der Waals surface area contributed by atoms with Crippen molar-refractivity contribution in [3.8, 4) is 61.7 Å². The van der Waals surface area contributed by atoms with E-state index in [1.165, 1.54) is 39.6 Å². The second-order valence-corrected chi connectivity index (χ2v) is 47.4. The van der Waals surface area contributed by atoms with Crippen molar-refractivity contribution >= 4 is 138 Å². The van der Waals surface area contributed by atoms with Crippen LogP contribution in [0.3, 0.4) is 0 Å². The van der Waals surface area contributed by atoms with E-state index in [0.717, 1.165) is 215 Å². The summed E-state index contributed by atoms with van der Waals surface area (Å²) in [5, 5.41) is 42.2. The molecule has 33 nitrogen and oxygen atoms in total. The van der Waals surface area contributed by atoms with Gasteiger partial charge in [-0.1, -0.05) is 6.92 Å². The van der Waals surface area contributed by atoms with E-state index in [4.69, 9.17) is 11.0 Å². The third-order valence-electron chi connectivity index (χ3n) is 26.8. The fourth-order valence-corrected chi connectivity index (χ4v) is 23.8. The molecule has 0 aliphatic carbocycles. The number of nitrogen functional groups attached to an aromatic ring is 1. The van der Waals surface area contributed by atoms with Crippen LogP contribution in [0.5, 0.6) is 0 Å². The molecule has 20 rings (SSSR count). The van der Waals surface area contributed by atoms with Crippen molar-refractivity contribution in [2.45, 2.75) is 135 Å². The molecule has 15 aromatic rings. The van der Waals surface area contributed by atoms with Gasteiger partial charge < -0.3 is 32.3 Å². The summed E-state index contributed by atoms with van der Waals surface area (Å²) in [7, 11) is -15.6. The number of halogens is 1. The Hall–Kier alpha value is -13.3. The molecular weight excluding hydrogens is 1920 g/mol. The molecule has 15 heterocycles. The molecule has 7 N–H and O–H groups in total. The number of hydrogen-bond acceptors (Lipinski definition) is 27. The monoisotopic (exact) mass is 2040 g/mol. The predicted octanol–water partition coefficient (Wildman–Crippen LogP) is 16.6. The van der Waals surface area contributed by atoms with E-state index in [1.807, 2.05) is 116 Å². The standard InChI is InChI=1S/C22H26N4O2S.C21H21N5O2S.C21H27N5O2S.C21H25N5O2S.C20H21FN4O2S/c1-3-29(27,28)26-8-5-20(6-9-26)25-22-12-18(19-10-16(2)13-24-14-19)11-17-4-7-23-15-21(17)22;1-29(27,28)26-8-4-18(5-9-26)25-21-12-17(10-16-2-6-23-14-20(16)21)15-3-7-24-19(11-15)13-22;1-3-8-25-15-18(13-23-25)17-11-16-4-7-22-14-20(16)21(12-17)24-19-5-9-26(10-6-19)29(2,27)28;1-2-29(27,28)26-9-5-18(6-10-26)25-20-12-17(15-4-8-24-21(22)13-15)11-16-3-7-23-14-19(16)20;1-28(26,27)25-6-3-18(4-7-25)24-20-10-15(16-9-17(21)12-23-11-16)8-14-2-5-22-13-19(14)20/h4,7,10-15,20,25H,3,5-6,8-9H2,1-2H3;2-3,6-7,10-12,14,18,25H,4-5,8-9H2,1H3;4,7,11-15,19,24H,3,5-6,8-10H2,1-2H3;3-4,7-8,11-14,18,25H,2,5-6,9-10H2,1H3,(H2,22,24);2,5,8-13,18,24H,3-4,6-7H2,1H3. The molecule has 5 aliphatic heterocycles. The van der Waals surface area contributed by atoms with Crippen molar-refractivity contribution in [1.29, 1.82) is 5.26 Å². The minimum atomic E-state index is -3.15. The Morgan fingerprint density at radius 3 is 0.972 bits per heavy atom.